The lowest BCUT2D eigenvalue weighted by Crippen LogP contribution is -2.32. The van der Waals surface area contributed by atoms with Gasteiger partial charge in [-0.15, -0.1) is 0 Å². The van der Waals surface area contributed by atoms with Gasteiger partial charge in [0, 0.05) is 23.6 Å². The number of carbonyl (C=O) groups is 1. The monoisotopic (exact) mass is 270 g/mol. The van der Waals surface area contributed by atoms with E-state index in [0.29, 0.717) is 0 Å². The molecule has 0 aromatic heterocycles. The number of halogens is 2. The van der Waals surface area contributed by atoms with E-state index in [4.69, 9.17) is 5.53 Å². The van der Waals surface area contributed by atoms with Crippen molar-refractivity contribution in [3.8, 4) is 0 Å². The molecule has 8 heteroatoms. The molecule has 1 aromatic carbocycles. The number of nitrogens with one attached hydrogen (secondary N) is 1. The lowest BCUT2D eigenvalue weighted by atomic mass is 10.1. The molecule has 1 aromatic rings. The van der Waals surface area contributed by atoms with Crippen molar-refractivity contribution in [2.75, 3.05) is 20.2 Å². The predicted octanol–water partition coefficient (Wildman–Crippen LogP) is 2.08. The summed E-state index contributed by atoms with van der Waals surface area (Å²) in [5, 5.41) is 5.90. The molecular weight excluding hydrogens is 258 g/mol. The number of nitrogens with zero attached hydrogens (tertiary/aromatic N) is 3. The van der Waals surface area contributed by atoms with Crippen molar-refractivity contribution in [1.29, 1.82) is 0 Å². The molecule has 0 fully saturated rings. The number of methoxy groups -OCH3 is 1. The number of azide groups is 1. The molecule has 0 aliphatic heterocycles. The first-order chi connectivity index (χ1) is 9.11. The normalized spacial score (nSPS) is 11.5. The van der Waals surface area contributed by atoms with Crippen molar-refractivity contribution in [2.24, 2.45) is 5.11 Å². The summed E-state index contributed by atoms with van der Waals surface area (Å²) in [4.78, 5) is 14.1. The second-order valence-corrected chi connectivity index (χ2v) is 3.51. The van der Waals surface area contributed by atoms with Crippen LogP contribution in [0.25, 0.3) is 10.4 Å². The Hall–Kier alpha value is -2.18. The van der Waals surface area contributed by atoms with Crippen molar-refractivity contribution in [3.63, 3.8) is 0 Å². The summed E-state index contributed by atoms with van der Waals surface area (Å²) in [6.45, 7) is 0.195. The second kappa shape index (κ2) is 7.30. The van der Waals surface area contributed by atoms with Crippen molar-refractivity contribution in [1.82, 2.24) is 5.32 Å². The van der Waals surface area contributed by atoms with Crippen molar-refractivity contribution in [2.45, 2.75) is 6.04 Å². The smallest absolute Gasteiger partial charge is 0.327 e. The van der Waals surface area contributed by atoms with Crippen LogP contribution in [0.15, 0.2) is 23.3 Å². The molecule has 0 spiro atoms. The average molecular weight is 270 g/mol. The van der Waals surface area contributed by atoms with Crippen LogP contribution in [-0.2, 0) is 9.53 Å². The van der Waals surface area contributed by atoms with E-state index in [2.05, 4.69) is 20.1 Å². The van der Waals surface area contributed by atoms with E-state index in [9.17, 15) is 13.6 Å². The van der Waals surface area contributed by atoms with Gasteiger partial charge >= 0.3 is 5.97 Å². The zero-order valence-electron chi connectivity index (χ0n) is 10.1. The number of esters is 1. The molecule has 19 heavy (non-hydrogen) atoms. The second-order valence-electron chi connectivity index (χ2n) is 3.51. The maximum absolute atomic E-state index is 13.6. The molecule has 6 nitrogen and oxygen atoms in total. The van der Waals surface area contributed by atoms with E-state index in [1.165, 1.54) is 12.1 Å². The van der Waals surface area contributed by atoms with Gasteiger partial charge in [0.25, 0.3) is 0 Å². The quantitative estimate of drug-likeness (QED) is 0.282. The van der Waals surface area contributed by atoms with Crippen LogP contribution in [-0.4, -0.2) is 26.2 Å². The van der Waals surface area contributed by atoms with Gasteiger partial charge in [-0.25, -0.2) is 13.6 Å². The molecule has 0 aliphatic carbocycles. The number of carbonyl (C=O) groups excluding carboxylic acids is 1. The van der Waals surface area contributed by atoms with Crippen molar-refractivity contribution in [3.05, 3.63) is 45.8 Å². The first-order valence-corrected chi connectivity index (χ1v) is 5.37. The van der Waals surface area contributed by atoms with E-state index >= 15 is 0 Å². The summed E-state index contributed by atoms with van der Waals surface area (Å²) < 4.78 is 31.3. The van der Waals surface area contributed by atoms with E-state index < -0.39 is 23.6 Å². The highest BCUT2D eigenvalue weighted by Crippen LogP contribution is 2.20. The van der Waals surface area contributed by atoms with Gasteiger partial charge in [0.15, 0.2) is 11.6 Å². The largest absolute Gasteiger partial charge is 0.468 e. The van der Waals surface area contributed by atoms with Crippen molar-refractivity contribution < 1.29 is 18.3 Å². The zero-order valence-corrected chi connectivity index (χ0v) is 10.1. The van der Waals surface area contributed by atoms with Gasteiger partial charge in [-0.3, -0.25) is 0 Å². The van der Waals surface area contributed by atoms with Crippen LogP contribution in [0.1, 0.15) is 11.6 Å². The molecule has 0 amide bonds. The first-order valence-electron chi connectivity index (χ1n) is 5.37. The SMILES string of the molecule is COC(=O)C(NCCN=[N+]=[N-])c1cccc(F)c1F. The fraction of sp³-hybridized carbons (Fsp3) is 0.364. The minimum atomic E-state index is -1.16. The molecule has 0 bridgehead atoms. The molecule has 0 saturated carbocycles. The van der Waals surface area contributed by atoms with Crippen LogP contribution in [0.5, 0.6) is 0 Å². The van der Waals surface area contributed by atoms with E-state index in [0.717, 1.165) is 13.2 Å². The number of rotatable bonds is 6. The number of hydrogen-bond donors (Lipinski definition) is 1. The molecule has 0 radical (unpaired) electrons. The van der Waals surface area contributed by atoms with Gasteiger partial charge in [-0.2, -0.15) is 0 Å². The Bertz CT molecular complexity index is 503. The van der Waals surface area contributed by atoms with Crippen molar-refractivity contribution >= 4 is 5.97 Å². The van der Waals surface area contributed by atoms with Gasteiger partial charge in [-0.05, 0) is 11.6 Å². The van der Waals surface area contributed by atoms with Crippen LogP contribution in [0.3, 0.4) is 0 Å². The van der Waals surface area contributed by atoms with Gasteiger partial charge < -0.3 is 10.1 Å². The van der Waals surface area contributed by atoms with Crippen LogP contribution in [0, 0.1) is 11.6 Å². The molecule has 0 aliphatic rings. The molecule has 1 rings (SSSR count). The van der Waals surface area contributed by atoms with Crippen LogP contribution in [0.4, 0.5) is 8.78 Å². The molecule has 1 atom stereocenters. The summed E-state index contributed by atoms with van der Waals surface area (Å²) in [6, 6.07) is 2.36. The number of benzene rings is 1. The lowest BCUT2D eigenvalue weighted by Gasteiger charge is -2.17. The van der Waals surface area contributed by atoms with Gasteiger partial charge in [0.2, 0.25) is 0 Å². The lowest BCUT2D eigenvalue weighted by molar-refractivity contribution is -0.143. The maximum atomic E-state index is 13.6. The van der Waals surface area contributed by atoms with Crippen LogP contribution < -0.4 is 5.32 Å². The summed E-state index contributed by atoms with van der Waals surface area (Å²) in [5.41, 5.74) is 7.95. The Morgan fingerprint density at radius 3 is 2.95 bits per heavy atom. The number of hydrogen-bond acceptors (Lipinski definition) is 4. The zero-order chi connectivity index (χ0) is 14.3. The maximum Gasteiger partial charge on any atom is 0.327 e. The minimum absolute atomic E-state index is 0.0704. The van der Waals surface area contributed by atoms with Gasteiger partial charge in [0.05, 0.1) is 7.11 Å². The molecular formula is C11H12F2N4O2. The highest BCUT2D eigenvalue weighted by Gasteiger charge is 2.25. The summed E-state index contributed by atoms with van der Waals surface area (Å²) in [6.07, 6.45) is 0. The third kappa shape index (κ3) is 3.90. The van der Waals surface area contributed by atoms with Gasteiger partial charge in [-0.1, -0.05) is 17.2 Å². The number of ether oxygens (including phenoxy) is 1. The first kappa shape index (κ1) is 14.9. The summed E-state index contributed by atoms with van der Waals surface area (Å²) >= 11 is 0. The predicted molar refractivity (Wildman–Crippen MR) is 63.1 cm³/mol. The molecule has 0 saturated heterocycles. The third-order valence-corrected chi connectivity index (χ3v) is 2.35. The Balaban J connectivity index is 2.93. The van der Waals surface area contributed by atoms with Crippen LogP contribution >= 0.6 is 0 Å². The van der Waals surface area contributed by atoms with Gasteiger partial charge in [0.1, 0.15) is 6.04 Å². The Labute approximate surface area is 108 Å². The summed E-state index contributed by atoms with van der Waals surface area (Å²) in [7, 11) is 1.14. The van der Waals surface area contributed by atoms with E-state index in [1.807, 2.05) is 0 Å². The molecule has 0 heterocycles. The Kier molecular flexibility index (Phi) is 5.72. The molecule has 1 unspecified atom stereocenters. The fourth-order valence-corrected chi connectivity index (χ4v) is 1.49. The highest BCUT2D eigenvalue weighted by atomic mass is 19.2. The average Bonchev–Trinajstić information content (AvgIpc) is 2.42. The van der Waals surface area contributed by atoms with Crippen LogP contribution in [0.2, 0.25) is 0 Å². The minimum Gasteiger partial charge on any atom is -0.468 e. The third-order valence-electron chi connectivity index (χ3n) is 2.35. The fourth-order valence-electron chi connectivity index (χ4n) is 1.49. The molecule has 1 N–H and O–H groups in total. The standard InChI is InChI=1S/C11H12F2N4O2/c1-19-11(18)10(15-5-6-16-17-14)7-3-2-4-8(12)9(7)13/h2-4,10,15H,5-6H2,1H3. The van der Waals surface area contributed by atoms with E-state index in [1.54, 1.807) is 0 Å². The summed E-state index contributed by atoms with van der Waals surface area (Å²) in [5.74, 6) is -2.93. The molecule has 102 valence electrons. The Morgan fingerprint density at radius 1 is 1.58 bits per heavy atom. The highest BCUT2D eigenvalue weighted by molar-refractivity contribution is 5.77. The Morgan fingerprint density at radius 2 is 2.32 bits per heavy atom. The van der Waals surface area contributed by atoms with E-state index in [-0.39, 0.29) is 18.7 Å². The topological polar surface area (TPSA) is 87.1 Å².